The van der Waals surface area contributed by atoms with Crippen molar-refractivity contribution in [1.82, 2.24) is 14.7 Å². The molecule has 2 aromatic heterocycles. The van der Waals surface area contributed by atoms with Gasteiger partial charge in [-0.05, 0) is 30.3 Å². The normalized spacial score (nSPS) is 14.0. The topological polar surface area (TPSA) is 89.6 Å². The molecule has 1 aliphatic heterocycles. The minimum atomic E-state index is -0.402. The Morgan fingerprint density at radius 1 is 1.06 bits per heavy atom. The molecule has 0 unspecified atom stereocenters. The number of amides is 2. The lowest BCUT2D eigenvalue weighted by molar-refractivity contribution is 0.0285. The van der Waals surface area contributed by atoms with Gasteiger partial charge >= 0.3 is 0 Å². The molecule has 8 nitrogen and oxygen atoms in total. The van der Waals surface area contributed by atoms with Crippen molar-refractivity contribution < 1.29 is 18.7 Å². The van der Waals surface area contributed by atoms with Crippen LogP contribution in [-0.4, -0.2) is 52.8 Å². The lowest BCUT2D eigenvalue weighted by Crippen LogP contribution is -2.40. The van der Waals surface area contributed by atoms with Gasteiger partial charge in [0, 0.05) is 29.7 Å². The van der Waals surface area contributed by atoms with Crippen molar-refractivity contribution in [2.24, 2.45) is 0 Å². The maximum absolute atomic E-state index is 13.1. The number of carbonyl (C=O) groups excluding carboxylic acids is 2. The fourth-order valence-corrected chi connectivity index (χ4v) is 3.80. The lowest BCUT2D eigenvalue weighted by atomic mass is 10.2. The molecule has 5 rings (SSSR count). The summed E-state index contributed by atoms with van der Waals surface area (Å²) in [4.78, 5) is 27.8. The van der Waals surface area contributed by atoms with Crippen molar-refractivity contribution in [3.05, 3.63) is 77.3 Å². The number of ether oxygens (including phenoxy) is 1. The van der Waals surface area contributed by atoms with Gasteiger partial charge in [-0.3, -0.25) is 9.59 Å². The van der Waals surface area contributed by atoms with Crippen molar-refractivity contribution in [2.75, 3.05) is 31.6 Å². The summed E-state index contributed by atoms with van der Waals surface area (Å²) in [6, 6.07) is 14.4. The third kappa shape index (κ3) is 3.86. The molecular weight excluding hydrogens is 432 g/mol. The number of aromatic nitrogens is 2. The number of hydrogen-bond donors (Lipinski definition) is 1. The van der Waals surface area contributed by atoms with Crippen LogP contribution in [0.4, 0.5) is 5.69 Å². The fourth-order valence-electron chi connectivity index (χ4n) is 3.62. The average molecular weight is 451 g/mol. The number of para-hydroxylation sites is 1. The number of anilines is 1. The Morgan fingerprint density at radius 3 is 2.69 bits per heavy atom. The summed E-state index contributed by atoms with van der Waals surface area (Å²) in [5.74, 6) is -0.584. The van der Waals surface area contributed by atoms with Gasteiger partial charge in [0.15, 0.2) is 0 Å². The van der Waals surface area contributed by atoms with Crippen molar-refractivity contribution in [3.63, 3.8) is 0 Å². The number of rotatable bonds is 4. The minimum Gasteiger partial charge on any atom is -0.449 e. The monoisotopic (exact) mass is 450 g/mol. The summed E-state index contributed by atoms with van der Waals surface area (Å²) in [6.45, 7) is 1.87. The van der Waals surface area contributed by atoms with E-state index in [9.17, 15) is 9.59 Å². The van der Waals surface area contributed by atoms with Gasteiger partial charge in [-0.1, -0.05) is 29.8 Å². The van der Waals surface area contributed by atoms with Crippen LogP contribution in [0.1, 0.15) is 20.9 Å². The van der Waals surface area contributed by atoms with E-state index in [2.05, 4.69) is 10.4 Å². The first-order valence-electron chi connectivity index (χ1n) is 10.1. The van der Waals surface area contributed by atoms with Gasteiger partial charge in [-0.15, -0.1) is 0 Å². The molecule has 0 saturated carbocycles. The van der Waals surface area contributed by atoms with Gasteiger partial charge in [-0.2, -0.15) is 5.10 Å². The van der Waals surface area contributed by atoms with Crippen LogP contribution >= 0.6 is 11.6 Å². The van der Waals surface area contributed by atoms with Crippen molar-refractivity contribution in [2.45, 2.75) is 0 Å². The van der Waals surface area contributed by atoms with E-state index >= 15 is 0 Å². The molecule has 1 N–H and O–H groups in total. The molecule has 4 aromatic rings. The molecule has 1 saturated heterocycles. The number of furan rings is 1. The molecule has 1 aliphatic rings. The molecule has 0 aliphatic carbocycles. The molecule has 32 heavy (non-hydrogen) atoms. The molecule has 9 heteroatoms. The van der Waals surface area contributed by atoms with E-state index in [1.54, 1.807) is 46.1 Å². The van der Waals surface area contributed by atoms with E-state index < -0.39 is 5.91 Å². The third-order valence-corrected chi connectivity index (χ3v) is 5.48. The zero-order valence-electron chi connectivity index (χ0n) is 17.0. The summed E-state index contributed by atoms with van der Waals surface area (Å²) in [5, 5.41) is 8.33. The zero-order valence-corrected chi connectivity index (χ0v) is 17.7. The Bertz CT molecular complexity index is 1310. The quantitative estimate of drug-likeness (QED) is 0.507. The molecule has 1 fully saturated rings. The Balaban J connectivity index is 1.46. The summed E-state index contributed by atoms with van der Waals surface area (Å²) in [6.07, 6.45) is 3.06. The largest absolute Gasteiger partial charge is 0.449 e. The van der Waals surface area contributed by atoms with Gasteiger partial charge in [-0.25, -0.2) is 4.68 Å². The van der Waals surface area contributed by atoms with E-state index in [0.717, 1.165) is 5.69 Å². The maximum Gasteiger partial charge on any atom is 0.291 e. The third-order valence-electron chi connectivity index (χ3n) is 5.24. The molecule has 0 bridgehead atoms. The summed E-state index contributed by atoms with van der Waals surface area (Å²) >= 11 is 6.05. The van der Waals surface area contributed by atoms with Crippen LogP contribution < -0.4 is 5.32 Å². The van der Waals surface area contributed by atoms with Crippen molar-refractivity contribution in [1.29, 1.82) is 0 Å². The SMILES string of the molecule is O=C(Nc1c(C(=O)N2CCOCC2)oc2ccccc12)c1cnn(-c2cccc(Cl)c2)c1. The van der Waals surface area contributed by atoms with E-state index in [0.29, 0.717) is 53.5 Å². The van der Waals surface area contributed by atoms with Crippen LogP contribution in [0.3, 0.4) is 0 Å². The number of benzene rings is 2. The smallest absolute Gasteiger partial charge is 0.291 e. The number of fused-ring (bicyclic) bond motifs is 1. The molecular formula is C23H19ClN4O4. The van der Waals surface area contributed by atoms with Crippen LogP contribution in [-0.2, 0) is 4.74 Å². The summed E-state index contributed by atoms with van der Waals surface area (Å²) in [5.41, 5.74) is 1.93. The first-order valence-corrected chi connectivity index (χ1v) is 10.5. The fraction of sp³-hybridized carbons (Fsp3) is 0.174. The highest BCUT2D eigenvalue weighted by Crippen LogP contribution is 2.32. The Morgan fingerprint density at radius 2 is 1.88 bits per heavy atom. The lowest BCUT2D eigenvalue weighted by Gasteiger charge is -2.26. The van der Waals surface area contributed by atoms with Crippen LogP contribution in [0.15, 0.2) is 65.3 Å². The molecule has 0 spiro atoms. The van der Waals surface area contributed by atoms with Crippen LogP contribution in [0.25, 0.3) is 16.7 Å². The number of hydrogen-bond acceptors (Lipinski definition) is 5. The first-order chi connectivity index (χ1) is 15.6. The number of nitrogens with zero attached hydrogens (tertiary/aromatic N) is 3. The van der Waals surface area contributed by atoms with Crippen molar-refractivity contribution >= 4 is 40.1 Å². The predicted molar refractivity (Wildman–Crippen MR) is 119 cm³/mol. The Hall–Kier alpha value is -3.62. The number of carbonyl (C=O) groups is 2. The summed E-state index contributed by atoms with van der Waals surface area (Å²) < 4.78 is 12.8. The van der Waals surface area contributed by atoms with Gasteiger partial charge in [0.25, 0.3) is 11.8 Å². The second-order valence-electron chi connectivity index (χ2n) is 7.31. The highest BCUT2D eigenvalue weighted by atomic mass is 35.5. The van der Waals surface area contributed by atoms with E-state index in [4.69, 9.17) is 20.8 Å². The summed E-state index contributed by atoms with van der Waals surface area (Å²) in [7, 11) is 0. The van der Waals surface area contributed by atoms with Gasteiger partial charge in [0.05, 0.1) is 30.7 Å². The van der Waals surface area contributed by atoms with Gasteiger partial charge in [0.2, 0.25) is 5.76 Å². The van der Waals surface area contributed by atoms with Gasteiger partial charge < -0.3 is 19.4 Å². The molecule has 0 atom stereocenters. The van der Waals surface area contributed by atoms with Crippen LogP contribution in [0.5, 0.6) is 0 Å². The number of nitrogens with one attached hydrogen (secondary N) is 1. The highest BCUT2D eigenvalue weighted by molar-refractivity contribution is 6.30. The highest BCUT2D eigenvalue weighted by Gasteiger charge is 2.28. The molecule has 0 radical (unpaired) electrons. The predicted octanol–water partition coefficient (Wildman–Crippen LogP) is 4.00. The molecule has 162 valence electrons. The second kappa shape index (κ2) is 8.49. The Labute approximate surface area is 188 Å². The van der Waals surface area contributed by atoms with E-state index in [-0.39, 0.29) is 11.7 Å². The minimum absolute atomic E-state index is 0.101. The van der Waals surface area contributed by atoms with E-state index in [1.165, 1.54) is 6.20 Å². The first kappa shape index (κ1) is 20.3. The van der Waals surface area contributed by atoms with Gasteiger partial charge in [0.1, 0.15) is 11.3 Å². The average Bonchev–Trinajstić information content (AvgIpc) is 3.45. The zero-order chi connectivity index (χ0) is 22.1. The van der Waals surface area contributed by atoms with Crippen LogP contribution in [0.2, 0.25) is 5.02 Å². The molecule has 2 amide bonds. The van der Waals surface area contributed by atoms with Crippen LogP contribution in [0, 0.1) is 0 Å². The molecule has 3 heterocycles. The Kier molecular flexibility index (Phi) is 5.38. The molecule has 2 aromatic carbocycles. The number of halogens is 1. The second-order valence-corrected chi connectivity index (χ2v) is 7.75. The maximum atomic E-state index is 13.1. The van der Waals surface area contributed by atoms with Crippen molar-refractivity contribution in [3.8, 4) is 5.69 Å². The standard InChI is InChI=1S/C23H19ClN4O4/c24-16-4-3-5-17(12-16)28-14-15(13-25-28)22(29)26-20-18-6-1-2-7-19(18)32-21(20)23(30)27-8-10-31-11-9-27/h1-7,12-14H,8-11H2,(H,26,29). The number of morpholine rings is 1. The van der Waals surface area contributed by atoms with E-state index in [1.807, 2.05) is 18.2 Å².